The van der Waals surface area contributed by atoms with Gasteiger partial charge in [-0.3, -0.25) is 4.79 Å². The van der Waals surface area contributed by atoms with Crippen LogP contribution in [0.1, 0.15) is 24.2 Å². The summed E-state index contributed by atoms with van der Waals surface area (Å²) in [4.78, 5) is 22.7. The van der Waals surface area contributed by atoms with Crippen LogP contribution in [0.25, 0.3) is 0 Å². The minimum Gasteiger partial charge on any atom is -0.491 e. The van der Waals surface area contributed by atoms with Gasteiger partial charge in [0.15, 0.2) is 5.75 Å². The third-order valence-electron chi connectivity index (χ3n) is 2.26. The van der Waals surface area contributed by atoms with Crippen molar-refractivity contribution in [2.45, 2.75) is 13.8 Å². The molecule has 1 aromatic carbocycles. The molecule has 0 unspecified atom stereocenters. The molecule has 0 saturated heterocycles. The lowest BCUT2D eigenvalue weighted by Gasteiger charge is -2.16. The van der Waals surface area contributed by atoms with E-state index >= 15 is 0 Å². The maximum atomic E-state index is 11.6. The zero-order chi connectivity index (χ0) is 14.6. The first-order valence-corrected chi connectivity index (χ1v) is 5.90. The highest BCUT2D eigenvalue weighted by atomic mass is 35.5. The zero-order valence-electron chi connectivity index (χ0n) is 10.9. The zero-order valence-corrected chi connectivity index (χ0v) is 11.6. The molecule has 1 rings (SSSR count). The number of anilines is 2. The molecule has 0 spiro atoms. The highest BCUT2D eigenvalue weighted by molar-refractivity contribution is 6.35. The fraction of sp³-hybridized carbons (Fsp3) is 0.333. The predicted molar refractivity (Wildman–Crippen MR) is 72.7 cm³/mol. The van der Waals surface area contributed by atoms with Crippen LogP contribution in [0.5, 0.6) is 5.75 Å². The third-order valence-corrected chi connectivity index (χ3v) is 2.56. The second-order valence-electron chi connectivity index (χ2n) is 3.63. The van der Waals surface area contributed by atoms with Gasteiger partial charge < -0.3 is 20.5 Å². The van der Waals surface area contributed by atoms with Crippen LogP contribution in [-0.4, -0.2) is 25.6 Å². The first-order valence-electron chi connectivity index (χ1n) is 5.53. The van der Waals surface area contributed by atoms with Crippen LogP contribution in [0.3, 0.4) is 0 Å². The number of hydrogen-bond donors (Lipinski definition) is 2. The summed E-state index contributed by atoms with van der Waals surface area (Å²) in [5.41, 5.74) is 6.29. The molecule has 6 nitrogen and oxygen atoms in total. The van der Waals surface area contributed by atoms with Gasteiger partial charge in [0.2, 0.25) is 5.91 Å². The standard InChI is InChI=1S/C12H15ClN2O4/c1-4-19-11-7(12(17)18-3)5-8(13)10(9(11)14)15-6(2)16/h5H,4,14H2,1-3H3,(H,15,16). The van der Waals surface area contributed by atoms with Gasteiger partial charge in [-0.25, -0.2) is 4.79 Å². The van der Waals surface area contributed by atoms with Crippen LogP contribution in [0.4, 0.5) is 11.4 Å². The number of nitrogen functional groups attached to an aromatic ring is 1. The molecule has 0 aliphatic rings. The number of methoxy groups -OCH3 is 1. The fourth-order valence-electron chi connectivity index (χ4n) is 1.52. The Morgan fingerprint density at radius 1 is 1.47 bits per heavy atom. The first kappa shape index (κ1) is 15.1. The van der Waals surface area contributed by atoms with E-state index in [0.717, 1.165) is 0 Å². The quantitative estimate of drug-likeness (QED) is 0.653. The molecule has 1 aromatic rings. The Hall–Kier alpha value is -1.95. The Balaban J connectivity index is 3.44. The third kappa shape index (κ3) is 3.29. The lowest BCUT2D eigenvalue weighted by Crippen LogP contribution is -2.13. The monoisotopic (exact) mass is 286 g/mol. The molecule has 19 heavy (non-hydrogen) atoms. The SMILES string of the molecule is CCOc1c(C(=O)OC)cc(Cl)c(NC(C)=O)c1N. The molecule has 3 N–H and O–H groups in total. The number of halogens is 1. The Labute approximate surface area is 115 Å². The van der Waals surface area contributed by atoms with Gasteiger partial charge in [0.1, 0.15) is 11.3 Å². The second kappa shape index (κ2) is 6.29. The van der Waals surface area contributed by atoms with Crippen molar-refractivity contribution < 1.29 is 19.1 Å². The van der Waals surface area contributed by atoms with Crippen molar-refractivity contribution in [1.82, 2.24) is 0 Å². The molecule has 7 heteroatoms. The number of ether oxygens (including phenoxy) is 2. The molecule has 0 atom stereocenters. The first-order chi connectivity index (χ1) is 8.92. The highest BCUT2D eigenvalue weighted by Gasteiger charge is 2.22. The van der Waals surface area contributed by atoms with E-state index in [1.54, 1.807) is 6.92 Å². The van der Waals surface area contributed by atoms with Gasteiger partial charge in [-0.1, -0.05) is 11.6 Å². The molecular formula is C12H15ClN2O4. The average molecular weight is 287 g/mol. The summed E-state index contributed by atoms with van der Waals surface area (Å²) in [6.45, 7) is 3.37. The van der Waals surface area contributed by atoms with E-state index in [4.69, 9.17) is 22.1 Å². The van der Waals surface area contributed by atoms with Gasteiger partial charge in [0.05, 0.1) is 24.4 Å². The molecule has 0 aliphatic carbocycles. The topological polar surface area (TPSA) is 90.6 Å². The highest BCUT2D eigenvalue weighted by Crippen LogP contribution is 2.39. The van der Waals surface area contributed by atoms with Crippen molar-refractivity contribution in [3.05, 3.63) is 16.7 Å². The van der Waals surface area contributed by atoms with Crippen molar-refractivity contribution in [1.29, 1.82) is 0 Å². The molecule has 0 saturated carbocycles. The van der Waals surface area contributed by atoms with Crippen molar-refractivity contribution in [3.63, 3.8) is 0 Å². The summed E-state index contributed by atoms with van der Waals surface area (Å²) in [6.07, 6.45) is 0. The maximum absolute atomic E-state index is 11.6. The van der Waals surface area contributed by atoms with Gasteiger partial charge >= 0.3 is 5.97 Å². The largest absolute Gasteiger partial charge is 0.491 e. The summed E-state index contributed by atoms with van der Waals surface area (Å²) in [7, 11) is 1.24. The normalized spacial score (nSPS) is 9.89. The van der Waals surface area contributed by atoms with E-state index in [0.29, 0.717) is 6.61 Å². The second-order valence-corrected chi connectivity index (χ2v) is 4.04. The van der Waals surface area contributed by atoms with Crippen LogP contribution >= 0.6 is 11.6 Å². The number of nitrogens with two attached hydrogens (primary N) is 1. The van der Waals surface area contributed by atoms with Crippen LogP contribution in [0, 0.1) is 0 Å². The van der Waals surface area contributed by atoms with E-state index in [1.807, 2.05) is 0 Å². The van der Waals surface area contributed by atoms with E-state index in [2.05, 4.69) is 10.1 Å². The Morgan fingerprint density at radius 2 is 2.11 bits per heavy atom. The Bertz CT molecular complexity index is 517. The number of carbonyl (C=O) groups excluding carboxylic acids is 2. The molecule has 0 radical (unpaired) electrons. The molecule has 0 fully saturated rings. The number of hydrogen-bond acceptors (Lipinski definition) is 5. The summed E-state index contributed by atoms with van der Waals surface area (Å²) in [5.74, 6) is -0.809. The number of esters is 1. The Morgan fingerprint density at radius 3 is 2.58 bits per heavy atom. The van der Waals surface area contributed by atoms with Crippen LogP contribution in [0.15, 0.2) is 6.07 Å². The lowest BCUT2D eigenvalue weighted by molar-refractivity contribution is -0.114. The van der Waals surface area contributed by atoms with Gasteiger partial charge in [-0.2, -0.15) is 0 Å². The number of rotatable bonds is 4. The van der Waals surface area contributed by atoms with Crippen LogP contribution in [0.2, 0.25) is 5.02 Å². The molecule has 1 amide bonds. The molecular weight excluding hydrogens is 272 g/mol. The van der Waals surface area contributed by atoms with E-state index in [1.165, 1.54) is 20.1 Å². The van der Waals surface area contributed by atoms with Crippen LogP contribution in [-0.2, 0) is 9.53 Å². The van der Waals surface area contributed by atoms with Crippen molar-refractivity contribution in [2.24, 2.45) is 0 Å². The number of nitrogens with one attached hydrogen (secondary N) is 1. The van der Waals surface area contributed by atoms with Gasteiger partial charge in [0, 0.05) is 6.92 Å². The maximum Gasteiger partial charge on any atom is 0.341 e. The molecule has 0 bridgehead atoms. The number of amides is 1. The summed E-state index contributed by atoms with van der Waals surface area (Å²) >= 11 is 5.99. The van der Waals surface area contributed by atoms with Crippen molar-refractivity contribution in [3.8, 4) is 5.75 Å². The lowest BCUT2D eigenvalue weighted by atomic mass is 10.1. The smallest absolute Gasteiger partial charge is 0.341 e. The average Bonchev–Trinajstić information content (AvgIpc) is 2.36. The molecule has 0 aromatic heterocycles. The van der Waals surface area contributed by atoms with Crippen molar-refractivity contribution in [2.75, 3.05) is 24.8 Å². The fourth-order valence-corrected chi connectivity index (χ4v) is 1.77. The molecule has 104 valence electrons. The summed E-state index contributed by atoms with van der Waals surface area (Å²) < 4.78 is 9.97. The molecule has 0 heterocycles. The Kier molecular flexibility index (Phi) is 5.00. The van der Waals surface area contributed by atoms with Gasteiger partial charge in [-0.05, 0) is 13.0 Å². The van der Waals surface area contributed by atoms with E-state index in [-0.39, 0.29) is 33.6 Å². The molecule has 0 aliphatic heterocycles. The summed E-state index contributed by atoms with van der Waals surface area (Å²) in [6, 6.07) is 1.35. The minimum absolute atomic E-state index is 0.0879. The van der Waals surface area contributed by atoms with Crippen LogP contribution < -0.4 is 15.8 Å². The van der Waals surface area contributed by atoms with E-state index < -0.39 is 5.97 Å². The number of carbonyl (C=O) groups is 2. The van der Waals surface area contributed by atoms with Crippen molar-refractivity contribution >= 4 is 34.9 Å². The number of benzene rings is 1. The predicted octanol–water partition coefficient (Wildman–Crippen LogP) is 2.07. The minimum atomic E-state index is -0.619. The van der Waals surface area contributed by atoms with Gasteiger partial charge in [0.25, 0.3) is 0 Å². The van der Waals surface area contributed by atoms with Gasteiger partial charge in [-0.15, -0.1) is 0 Å². The summed E-state index contributed by atoms with van der Waals surface area (Å²) in [5, 5.41) is 2.63. The van der Waals surface area contributed by atoms with E-state index in [9.17, 15) is 9.59 Å².